The third-order valence-corrected chi connectivity index (χ3v) is 5.33. The fraction of sp³-hybridized carbons (Fsp3) is 0.889. The predicted octanol–water partition coefficient (Wildman–Crippen LogP) is 3.05. The Labute approximate surface area is 152 Å². The summed E-state index contributed by atoms with van der Waals surface area (Å²) in [6.07, 6.45) is 8.09. The maximum atomic E-state index is 4.41. The minimum Gasteiger partial charge on any atom is -0.314 e. The van der Waals surface area contributed by atoms with Crippen molar-refractivity contribution in [3.63, 3.8) is 0 Å². The van der Waals surface area contributed by atoms with Crippen LogP contribution < -0.4 is 5.32 Å². The zero-order valence-electron chi connectivity index (χ0n) is 15.9. The quantitative estimate of drug-likeness (QED) is 0.517. The highest BCUT2D eigenvalue weighted by Gasteiger charge is 2.18. The molecule has 2 rings (SSSR count). The van der Waals surface area contributed by atoms with Crippen LogP contribution in [-0.2, 0) is 13.0 Å². The Morgan fingerprint density at radius 3 is 2.62 bits per heavy atom. The highest BCUT2D eigenvalue weighted by Crippen LogP contribution is 2.17. The highest BCUT2D eigenvalue weighted by molar-refractivity contribution is 7.98. The first-order valence-corrected chi connectivity index (χ1v) is 10.8. The minimum absolute atomic E-state index is 0.622. The number of hydrogen-bond acceptors (Lipinski definition) is 5. The molecule has 0 amide bonds. The number of likely N-dealkylation sites (tertiary alicyclic amines) is 1. The Hall–Kier alpha value is -0.590. The number of thioether (sulfide) groups is 1. The van der Waals surface area contributed by atoms with Crippen molar-refractivity contribution < 1.29 is 0 Å². The Balaban J connectivity index is 1.70. The van der Waals surface area contributed by atoms with Gasteiger partial charge in [-0.25, -0.2) is 0 Å². The van der Waals surface area contributed by atoms with Crippen molar-refractivity contribution in [3.8, 4) is 0 Å². The second kappa shape index (κ2) is 10.4. The first-order chi connectivity index (χ1) is 11.6. The fourth-order valence-corrected chi connectivity index (χ4v) is 3.96. The maximum absolute atomic E-state index is 4.41. The molecule has 0 radical (unpaired) electrons. The summed E-state index contributed by atoms with van der Waals surface area (Å²) < 4.78 is 2.30. The van der Waals surface area contributed by atoms with Crippen LogP contribution in [0, 0.1) is 5.92 Å². The molecule has 138 valence electrons. The van der Waals surface area contributed by atoms with E-state index in [0.717, 1.165) is 36.9 Å². The molecule has 1 aromatic rings. The summed E-state index contributed by atoms with van der Waals surface area (Å²) in [6.45, 7) is 12.6. The zero-order chi connectivity index (χ0) is 17.4. The average Bonchev–Trinajstić information content (AvgIpc) is 2.94. The van der Waals surface area contributed by atoms with Gasteiger partial charge in [-0.2, -0.15) is 0 Å². The van der Waals surface area contributed by atoms with Gasteiger partial charge in [0.05, 0.1) is 0 Å². The molecule has 2 heterocycles. The van der Waals surface area contributed by atoms with E-state index in [0.29, 0.717) is 12.0 Å². The molecule has 0 spiro atoms. The Morgan fingerprint density at radius 1 is 1.25 bits per heavy atom. The summed E-state index contributed by atoms with van der Waals surface area (Å²) in [5, 5.41) is 13.5. The summed E-state index contributed by atoms with van der Waals surface area (Å²) in [4.78, 5) is 2.59. The molecule has 0 aliphatic carbocycles. The molecular weight excluding hydrogens is 318 g/mol. The van der Waals surface area contributed by atoms with E-state index in [2.05, 4.69) is 52.0 Å². The van der Waals surface area contributed by atoms with Crippen LogP contribution in [0.25, 0.3) is 0 Å². The van der Waals surface area contributed by atoms with Crippen LogP contribution in [0.4, 0.5) is 0 Å². The van der Waals surface area contributed by atoms with E-state index in [1.807, 2.05) is 0 Å². The lowest BCUT2D eigenvalue weighted by atomic mass is 10.0. The van der Waals surface area contributed by atoms with Gasteiger partial charge < -0.3 is 14.8 Å². The van der Waals surface area contributed by atoms with Crippen LogP contribution in [0.2, 0.25) is 0 Å². The standard InChI is InChI=1S/C18H35N5S/c1-5-11-22-12-8-16(9-13-22)19-10-6-7-17-20-21-18(24-4)23(17)14-15(2)3/h15-16,19H,5-14H2,1-4H3. The van der Waals surface area contributed by atoms with Gasteiger partial charge in [-0.3, -0.25) is 0 Å². The number of hydrogen-bond donors (Lipinski definition) is 1. The van der Waals surface area contributed by atoms with Crippen LogP contribution in [-0.4, -0.2) is 58.1 Å². The summed E-state index contributed by atoms with van der Waals surface area (Å²) in [5.74, 6) is 1.77. The predicted molar refractivity (Wildman–Crippen MR) is 103 cm³/mol. The normalized spacial score (nSPS) is 17.0. The van der Waals surface area contributed by atoms with Crippen LogP contribution in [0.15, 0.2) is 5.16 Å². The smallest absolute Gasteiger partial charge is 0.190 e. The Bertz CT molecular complexity index is 466. The number of nitrogens with one attached hydrogen (secondary N) is 1. The molecule has 1 saturated heterocycles. The van der Waals surface area contributed by atoms with Crippen LogP contribution >= 0.6 is 11.8 Å². The van der Waals surface area contributed by atoms with E-state index < -0.39 is 0 Å². The first-order valence-electron chi connectivity index (χ1n) is 9.55. The van der Waals surface area contributed by atoms with Crippen molar-refractivity contribution in [3.05, 3.63) is 5.82 Å². The summed E-state index contributed by atoms with van der Waals surface area (Å²) in [5.41, 5.74) is 0. The van der Waals surface area contributed by atoms with Gasteiger partial charge in [-0.05, 0) is 64.0 Å². The van der Waals surface area contributed by atoms with Gasteiger partial charge in [0.1, 0.15) is 5.82 Å². The van der Waals surface area contributed by atoms with Crippen molar-refractivity contribution in [1.29, 1.82) is 0 Å². The van der Waals surface area contributed by atoms with E-state index in [-0.39, 0.29) is 0 Å². The highest BCUT2D eigenvalue weighted by atomic mass is 32.2. The molecule has 1 aliphatic heterocycles. The molecule has 0 unspecified atom stereocenters. The molecule has 0 bridgehead atoms. The molecule has 6 heteroatoms. The van der Waals surface area contributed by atoms with E-state index in [9.17, 15) is 0 Å². The van der Waals surface area contributed by atoms with Crippen LogP contribution in [0.1, 0.15) is 52.3 Å². The molecule has 5 nitrogen and oxygen atoms in total. The van der Waals surface area contributed by atoms with Gasteiger partial charge in [0, 0.05) is 19.0 Å². The number of aryl methyl sites for hydroxylation is 1. The van der Waals surface area contributed by atoms with Crippen LogP contribution in [0.5, 0.6) is 0 Å². The SMILES string of the molecule is CCCN1CCC(NCCCc2nnc(SC)n2CC(C)C)CC1. The molecular formula is C18H35N5S. The third kappa shape index (κ3) is 6.05. The second-order valence-electron chi connectivity index (χ2n) is 7.28. The minimum atomic E-state index is 0.622. The molecule has 1 aliphatic rings. The van der Waals surface area contributed by atoms with Gasteiger partial charge >= 0.3 is 0 Å². The van der Waals surface area contributed by atoms with Crippen molar-refractivity contribution in [2.45, 2.75) is 70.6 Å². The van der Waals surface area contributed by atoms with Gasteiger partial charge in [0.15, 0.2) is 5.16 Å². The largest absolute Gasteiger partial charge is 0.314 e. The molecule has 1 N–H and O–H groups in total. The number of aromatic nitrogens is 3. The Morgan fingerprint density at radius 2 is 2.00 bits per heavy atom. The number of piperidine rings is 1. The van der Waals surface area contributed by atoms with E-state index in [1.165, 1.54) is 38.9 Å². The summed E-state index contributed by atoms with van der Waals surface area (Å²) in [7, 11) is 0. The van der Waals surface area contributed by atoms with Gasteiger partial charge in [-0.1, -0.05) is 32.5 Å². The molecule has 1 aromatic heterocycles. The first kappa shape index (κ1) is 19.7. The molecule has 0 saturated carbocycles. The van der Waals surface area contributed by atoms with Crippen molar-refractivity contribution in [2.24, 2.45) is 5.92 Å². The second-order valence-corrected chi connectivity index (χ2v) is 8.05. The lowest BCUT2D eigenvalue weighted by molar-refractivity contribution is 0.198. The van der Waals surface area contributed by atoms with Crippen LogP contribution in [0.3, 0.4) is 0 Å². The van der Waals surface area contributed by atoms with Crippen molar-refractivity contribution >= 4 is 11.8 Å². The molecule has 1 fully saturated rings. The zero-order valence-corrected chi connectivity index (χ0v) is 16.7. The average molecular weight is 354 g/mol. The topological polar surface area (TPSA) is 46.0 Å². The van der Waals surface area contributed by atoms with Crippen molar-refractivity contribution in [1.82, 2.24) is 25.0 Å². The van der Waals surface area contributed by atoms with Gasteiger partial charge in [0.25, 0.3) is 0 Å². The molecule has 0 aromatic carbocycles. The van der Waals surface area contributed by atoms with E-state index >= 15 is 0 Å². The van der Waals surface area contributed by atoms with Gasteiger partial charge in [0.2, 0.25) is 0 Å². The van der Waals surface area contributed by atoms with Gasteiger partial charge in [-0.15, -0.1) is 10.2 Å². The van der Waals surface area contributed by atoms with E-state index in [4.69, 9.17) is 0 Å². The maximum Gasteiger partial charge on any atom is 0.190 e. The molecule has 24 heavy (non-hydrogen) atoms. The van der Waals surface area contributed by atoms with E-state index in [1.54, 1.807) is 11.8 Å². The summed E-state index contributed by atoms with van der Waals surface area (Å²) in [6, 6.07) is 0.702. The lowest BCUT2D eigenvalue weighted by Crippen LogP contribution is -2.43. The summed E-state index contributed by atoms with van der Waals surface area (Å²) >= 11 is 1.69. The lowest BCUT2D eigenvalue weighted by Gasteiger charge is -2.32. The number of rotatable bonds is 10. The Kier molecular flexibility index (Phi) is 8.56. The fourth-order valence-electron chi connectivity index (χ4n) is 3.43. The monoisotopic (exact) mass is 353 g/mol. The van der Waals surface area contributed by atoms with Crippen molar-refractivity contribution in [2.75, 3.05) is 32.4 Å². The molecule has 0 atom stereocenters. The number of nitrogens with zero attached hydrogens (tertiary/aromatic N) is 4. The third-order valence-electron chi connectivity index (χ3n) is 4.66.